The summed E-state index contributed by atoms with van der Waals surface area (Å²) < 4.78 is 10.7. The molecule has 0 bridgehead atoms. The van der Waals surface area contributed by atoms with Crippen molar-refractivity contribution in [1.29, 1.82) is 0 Å². The third kappa shape index (κ3) is 4.09. The number of hydrogen-bond donors (Lipinski definition) is 0. The van der Waals surface area contributed by atoms with Crippen LogP contribution in [0.4, 0.5) is 0 Å². The molecular weight excluding hydrogens is 356 g/mol. The van der Waals surface area contributed by atoms with Crippen LogP contribution < -0.4 is 0 Å². The minimum Gasteiger partial charge on any atom is -0.381 e. The van der Waals surface area contributed by atoms with Crippen LogP contribution in [0.2, 0.25) is 0 Å². The lowest BCUT2D eigenvalue weighted by Crippen LogP contribution is -2.44. The number of piperidine rings is 1. The molecule has 2 aromatic rings. The number of rotatable bonds is 4. The standard InChI is InChI=1S/C21H28N4O3/c1-14-20(15(2)28-24-14)19-11-18(22-13-23-19)10-16-4-3-7-25(12-16)21(26)17-5-8-27-9-6-17/h11,13,16-17H,3-10,12H2,1-2H3/t16-/m0/s1. The molecule has 2 aliphatic heterocycles. The molecule has 0 saturated carbocycles. The maximum absolute atomic E-state index is 12.9. The lowest BCUT2D eigenvalue weighted by molar-refractivity contribution is -0.140. The van der Waals surface area contributed by atoms with Gasteiger partial charge in [-0.1, -0.05) is 5.16 Å². The third-order valence-corrected chi connectivity index (χ3v) is 5.91. The van der Waals surface area contributed by atoms with E-state index in [0.29, 0.717) is 25.0 Å². The number of aryl methyl sites for hydroxylation is 2. The first kappa shape index (κ1) is 19.1. The van der Waals surface area contributed by atoms with E-state index in [9.17, 15) is 4.79 Å². The van der Waals surface area contributed by atoms with Crippen molar-refractivity contribution in [3.63, 3.8) is 0 Å². The predicted octanol–water partition coefficient (Wildman–Crippen LogP) is 2.96. The smallest absolute Gasteiger partial charge is 0.225 e. The zero-order valence-corrected chi connectivity index (χ0v) is 16.7. The van der Waals surface area contributed by atoms with E-state index in [2.05, 4.69) is 20.0 Å². The Kier molecular flexibility index (Phi) is 5.71. The van der Waals surface area contributed by atoms with E-state index in [-0.39, 0.29) is 5.92 Å². The molecular formula is C21H28N4O3. The molecule has 2 aromatic heterocycles. The van der Waals surface area contributed by atoms with Gasteiger partial charge in [0.25, 0.3) is 0 Å². The number of hydrogen-bond acceptors (Lipinski definition) is 6. The molecule has 7 heteroatoms. The molecule has 2 aliphatic rings. The molecule has 28 heavy (non-hydrogen) atoms. The van der Waals surface area contributed by atoms with Gasteiger partial charge in [0.05, 0.1) is 17.0 Å². The molecule has 7 nitrogen and oxygen atoms in total. The highest BCUT2D eigenvalue weighted by Crippen LogP contribution is 2.27. The Balaban J connectivity index is 1.43. The third-order valence-electron chi connectivity index (χ3n) is 5.91. The summed E-state index contributed by atoms with van der Waals surface area (Å²) >= 11 is 0. The number of carbonyl (C=O) groups is 1. The Morgan fingerprint density at radius 3 is 2.79 bits per heavy atom. The van der Waals surface area contributed by atoms with Crippen LogP contribution in [0.3, 0.4) is 0 Å². The zero-order valence-electron chi connectivity index (χ0n) is 16.7. The fraction of sp³-hybridized carbons (Fsp3) is 0.619. The first-order valence-corrected chi connectivity index (χ1v) is 10.2. The van der Waals surface area contributed by atoms with E-state index < -0.39 is 0 Å². The largest absolute Gasteiger partial charge is 0.381 e. The SMILES string of the molecule is Cc1noc(C)c1-c1cc(C[C@@H]2CCCN(C(=O)C3CCOCC3)C2)ncn1. The summed E-state index contributed by atoms with van der Waals surface area (Å²) in [7, 11) is 0. The number of amides is 1. The Morgan fingerprint density at radius 2 is 2.04 bits per heavy atom. The van der Waals surface area contributed by atoms with Crippen LogP contribution in [-0.4, -0.2) is 52.2 Å². The molecule has 2 fully saturated rings. The lowest BCUT2D eigenvalue weighted by atomic mass is 9.91. The van der Waals surface area contributed by atoms with E-state index in [1.807, 2.05) is 19.9 Å². The van der Waals surface area contributed by atoms with Gasteiger partial charge in [0, 0.05) is 37.9 Å². The van der Waals surface area contributed by atoms with Crippen molar-refractivity contribution in [2.45, 2.75) is 46.0 Å². The Morgan fingerprint density at radius 1 is 1.21 bits per heavy atom. The van der Waals surface area contributed by atoms with Gasteiger partial charge in [-0.3, -0.25) is 4.79 Å². The number of carbonyl (C=O) groups excluding carboxylic acids is 1. The summed E-state index contributed by atoms with van der Waals surface area (Å²) in [6.45, 7) is 6.94. The molecule has 0 spiro atoms. The molecule has 1 atom stereocenters. The lowest BCUT2D eigenvalue weighted by Gasteiger charge is -2.35. The molecule has 0 radical (unpaired) electrons. The average molecular weight is 384 g/mol. The minimum atomic E-state index is 0.137. The van der Waals surface area contributed by atoms with Crippen LogP contribution in [-0.2, 0) is 16.0 Å². The summed E-state index contributed by atoms with van der Waals surface area (Å²) in [5.74, 6) is 1.66. The van der Waals surface area contributed by atoms with Gasteiger partial charge < -0.3 is 14.2 Å². The summed E-state index contributed by atoms with van der Waals surface area (Å²) in [5, 5.41) is 4.02. The molecule has 0 unspecified atom stereocenters. The number of likely N-dealkylation sites (tertiary alicyclic amines) is 1. The monoisotopic (exact) mass is 384 g/mol. The Labute approximate surface area is 165 Å². The fourth-order valence-corrected chi connectivity index (χ4v) is 4.42. The second kappa shape index (κ2) is 8.39. The summed E-state index contributed by atoms with van der Waals surface area (Å²) in [4.78, 5) is 23.8. The van der Waals surface area contributed by atoms with Gasteiger partial charge in [0.2, 0.25) is 5.91 Å². The second-order valence-electron chi connectivity index (χ2n) is 7.98. The molecule has 0 N–H and O–H groups in total. The van der Waals surface area contributed by atoms with Gasteiger partial charge in [-0.05, 0) is 57.9 Å². The number of nitrogens with zero attached hydrogens (tertiary/aromatic N) is 4. The van der Waals surface area contributed by atoms with Gasteiger partial charge in [0.15, 0.2) is 0 Å². The number of ether oxygens (including phenoxy) is 1. The van der Waals surface area contributed by atoms with Gasteiger partial charge in [-0.15, -0.1) is 0 Å². The van der Waals surface area contributed by atoms with Crippen molar-refractivity contribution in [3.05, 3.63) is 29.5 Å². The first-order valence-electron chi connectivity index (χ1n) is 10.2. The quantitative estimate of drug-likeness (QED) is 0.806. The van der Waals surface area contributed by atoms with Crippen molar-refractivity contribution in [2.75, 3.05) is 26.3 Å². The minimum absolute atomic E-state index is 0.137. The molecule has 4 heterocycles. The van der Waals surface area contributed by atoms with Crippen LogP contribution >= 0.6 is 0 Å². The molecule has 0 aromatic carbocycles. The Bertz CT molecular complexity index is 809. The normalized spacial score (nSPS) is 21.1. The van der Waals surface area contributed by atoms with Gasteiger partial charge in [-0.25, -0.2) is 9.97 Å². The average Bonchev–Trinajstić information content (AvgIpc) is 3.06. The van der Waals surface area contributed by atoms with Gasteiger partial charge in [0.1, 0.15) is 12.1 Å². The predicted molar refractivity (Wildman–Crippen MR) is 104 cm³/mol. The maximum atomic E-state index is 12.9. The highest BCUT2D eigenvalue weighted by Gasteiger charge is 2.30. The van der Waals surface area contributed by atoms with Crippen LogP contribution in [0.15, 0.2) is 16.9 Å². The van der Waals surface area contributed by atoms with Crippen LogP contribution in [0.5, 0.6) is 0 Å². The van der Waals surface area contributed by atoms with Crippen LogP contribution in [0.25, 0.3) is 11.3 Å². The highest BCUT2D eigenvalue weighted by molar-refractivity contribution is 5.79. The summed E-state index contributed by atoms with van der Waals surface area (Å²) in [5.41, 5.74) is 3.65. The van der Waals surface area contributed by atoms with E-state index in [0.717, 1.165) is 73.6 Å². The topological polar surface area (TPSA) is 81.4 Å². The highest BCUT2D eigenvalue weighted by atomic mass is 16.5. The van der Waals surface area contributed by atoms with Crippen LogP contribution in [0, 0.1) is 25.7 Å². The Hall–Kier alpha value is -2.28. The molecule has 1 amide bonds. The molecule has 4 rings (SSSR count). The molecule has 0 aliphatic carbocycles. The second-order valence-corrected chi connectivity index (χ2v) is 7.98. The fourth-order valence-electron chi connectivity index (χ4n) is 4.42. The van der Waals surface area contributed by atoms with Gasteiger partial charge >= 0.3 is 0 Å². The first-order chi connectivity index (χ1) is 13.6. The van der Waals surface area contributed by atoms with E-state index in [1.54, 1.807) is 6.33 Å². The van der Waals surface area contributed by atoms with E-state index >= 15 is 0 Å². The number of aromatic nitrogens is 3. The van der Waals surface area contributed by atoms with Crippen molar-refractivity contribution in [3.8, 4) is 11.3 Å². The zero-order chi connectivity index (χ0) is 19.5. The molecule has 150 valence electrons. The summed E-state index contributed by atoms with van der Waals surface area (Å²) in [6, 6.07) is 2.03. The summed E-state index contributed by atoms with van der Waals surface area (Å²) in [6.07, 6.45) is 6.36. The van der Waals surface area contributed by atoms with Crippen molar-refractivity contribution in [1.82, 2.24) is 20.0 Å². The van der Waals surface area contributed by atoms with Gasteiger partial charge in [-0.2, -0.15) is 0 Å². The van der Waals surface area contributed by atoms with Crippen LogP contribution in [0.1, 0.15) is 42.8 Å². The van der Waals surface area contributed by atoms with E-state index in [4.69, 9.17) is 9.26 Å². The molecule has 2 saturated heterocycles. The maximum Gasteiger partial charge on any atom is 0.225 e. The van der Waals surface area contributed by atoms with Crippen molar-refractivity contribution < 1.29 is 14.1 Å². The van der Waals surface area contributed by atoms with Crippen molar-refractivity contribution in [2.24, 2.45) is 11.8 Å². The van der Waals surface area contributed by atoms with Crippen molar-refractivity contribution >= 4 is 5.91 Å². The van der Waals surface area contributed by atoms with E-state index in [1.165, 1.54) is 0 Å².